The molecule has 2 aliphatic heterocycles. The molecule has 27 heavy (non-hydrogen) atoms. The molecular weight excluding hydrogens is 380 g/mol. The molecule has 2 aromatic rings. The molecular formula is C19H24N4O2S2. The van der Waals surface area contributed by atoms with Crippen LogP contribution in [0.25, 0.3) is 10.2 Å². The van der Waals surface area contributed by atoms with Crippen molar-refractivity contribution in [2.75, 3.05) is 31.1 Å². The lowest BCUT2D eigenvalue weighted by molar-refractivity contribution is -0.131. The molecule has 4 rings (SSSR count). The van der Waals surface area contributed by atoms with Crippen LogP contribution >= 0.6 is 23.1 Å². The predicted octanol–water partition coefficient (Wildman–Crippen LogP) is 3.14. The first-order chi connectivity index (χ1) is 12.8. The van der Waals surface area contributed by atoms with Crippen LogP contribution in [0.5, 0.6) is 0 Å². The summed E-state index contributed by atoms with van der Waals surface area (Å²) in [6.45, 7) is 8.34. The standard InChI is InChI=1S/C19H24N4O2S2/c1-19(2,3)16-11-22-13-4-7-27-15(13)10-14(22)18(25)23(20-16)12-17(24)21-5-8-26-9-6-21/h4,7,10H,5-6,8-9,11-12H2,1-3H3. The largest absolute Gasteiger partial charge is 0.339 e. The zero-order valence-electron chi connectivity index (χ0n) is 15.9. The van der Waals surface area contributed by atoms with E-state index in [1.54, 1.807) is 11.3 Å². The Bertz CT molecular complexity index is 916. The summed E-state index contributed by atoms with van der Waals surface area (Å²) >= 11 is 3.49. The van der Waals surface area contributed by atoms with Crippen molar-refractivity contribution < 1.29 is 9.59 Å². The van der Waals surface area contributed by atoms with E-state index in [1.165, 1.54) is 5.01 Å². The Kier molecular flexibility index (Phi) is 4.80. The number of fused-ring (bicyclic) bond motifs is 3. The molecule has 2 aliphatic rings. The molecule has 0 bridgehead atoms. The number of thiophene rings is 1. The average Bonchev–Trinajstić information content (AvgIpc) is 3.18. The number of aromatic nitrogens is 1. The molecule has 144 valence electrons. The van der Waals surface area contributed by atoms with E-state index in [9.17, 15) is 9.59 Å². The number of hydrogen-bond donors (Lipinski definition) is 0. The normalized spacial score (nSPS) is 18.5. The minimum atomic E-state index is -0.197. The Labute approximate surface area is 167 Å². The third kappa shape index (κ3) is 3.52. The topological polar surface area (TPSA) is 57.9 Å². The van der Waals surface area contributed by atoms with Crippen molar-refractivity contribution in [2.24, 2.45) is 10.5 Å². The molecule has 0 spiro atoms. The van der Waals surface area contributed by atoms with Gasteiger partial charge in [0.05, 0.1) is 22.5 Å². The van der Waals surface area contributed by atoms with E-state index in [-0.39, 0.29) is 23.8 Å². The van der Waals surface area contributed by atoms with Crippen molar-refractivity contribution in [1.82, 2.24) is 14.5 Å². The van der Waals surface area contributed by atoms with Gasteiger partial charge in [-0.2, -0.15) is 16.9 Å². The number of hydrazone groups is 1. The van der Waals surface area contributed by atoms with Crippen molar-refractivity contribution in [3.05, 3.63) is 23.2 Å². The lowest BCUT2D eigenvalue weighted by atomic mass is 9.90. The summed E-state index contributed by atoms with van der Waals surface area (Å²) in [4.78, 5) is 27.8. The highest BCUT2D eigenvalue weighted by atomic mass is 32.2. The Balaban J connectivity index is 1.70. The van der Waals surface area contributed by atoms with Gasteiger partial charge in [-0.05, 0) is 17.5 Å². The highest BCUT2D eigenvalue weighted by molar-refractivity contribution is 7.99. The van der Waals surface area contributed by atoms with E-state index in [1.807, 2.05) is 38.7 Å². The van der Waals surface area contributed by atoms with Crippen LogP contribution in [0.4, 0.5) is 0 Å². The number of nitrogens with zero attached hydrogens (tertiary/aromatic N) is 4. The molecule has 1 fully saturated rings. The fraction of sp³-hybridized carbons (Fsp3) is 0.526. The fourth-order valence-electron chi connectivity index (χ4n) is 3.36. The summed E-state index contributed by atoms with van der Waals surface area (Å²) in [5, 5.41) is 8.09. The summed E-state index contributed by atoms with van der Waals surface area (Å²) < 4.78 is 3.13. The van der Waals surface area contributed by atoms with Crippen molar-refractivity contribution >= 4 is 50.8 Å². The molecule has 0 unspecified atom stereocenters. The number of rotatable bonds is 2. The summed E-state index contributed by atoms with van der Waals surface area (Å²) in [5.41, 5.74) is 2.38. The first-order valence-corrected chi connectivity index (χ1v) is 11.2. The number of thioether (sulfide) groups is 1. The van der Waals surface area contributed by atoms with Gasteiger partial charge in [0, 0.05) is 30.0 Å². The quantitative estimate of drug-likeness (QED) is 0.773. The van der Waals surface area contributed by atoms with Gasteiger partial charge in [-0.3, -0.25) is 9.59 Å². The second-order valence-corrected chi connectivity index (χ2v) is 10.1. The second-order valence-electron chi connectivity index (χ2n) is 7.94. The van der Waals surface area contributed by atoms with E-state index >= 15 is 0 Å². The number of hydrogen-bond acceptors (Lipinski definition) is 5. The fourth-order valence-corrected chi connectivity index (χ4v) is 5.09. The van der Waals surface area contributed by atoms with Crippen molar-refractivity contribution in [3.8, 4) is 0 Å². The highest BCUT2D eigenvalue weighted by Gasteiger charge is 2.32. The Morgan fingerprint density at radius 2 is 2.00 bits per heavy atom. The van der Waals surface area contributed by atoms with E-state index in [4.69, 9.17) is 0 Å². The molecule has 8 heteroatoms. The summed E-state index contributed by atoms with van der Waals surface area (Å²) in [6.07, 6.45) is 0. The Morgan fingerprint density at radius 1 is 1.26 bits per heavy atom. The van der Waals surface area contributed by atoms with Gasteiger partial charge in [-0.1, -0.05) is 20.8 Å². The van der Waals surface area contributed by atoms with E-state index in [0.717, 1.165) is 40.5 Å². The van der Waals surface area contributed by atoms with Gasteiger partial charge in [-0.15, -0.1) is 11.3 Å². The van der Waals surface area contributed by atoms with Gasteiger partial charge in [0.1, 0.15) is 12.2 Å². The molecule has 0 radical (unpaired) electrons. The van der Waals surface area contributed by atoms with Crippen LogP contribution in [0.2, 0.25) is 0 Å². The Morgan fingerprint density at radius 3 is 2.70 bits per heavy atom. The molecule has 0 saturated carbocycles. The van der Waals surface area contributed by atoms with Gasteiger partial charge in [0.2, 0.25) is 5.91 Å². The van der Waals surface area contributed by atoms with Crippen LogP contribution < -0.4 is 0 Å². The van der Waals surface area contributed by atoms with Crippen molar-refractivity contribution in [1.29, 1.82) is 0 Å². The summed E-state index contributed by atoms with van der Waals surface area (Å²) in [7, 11) is 0. The summed E-state index contributed by atoms with van der Waals surface area (Å²) in [5.74, 6) is 1.69. The molecule has 0 atom stereocenters. The van der Waals surface area contributed by atoms with Gasteiger partial charge in [0.15, 0.2) is 0 Å². The van der Waals surface area contributed by atoms with Gasteiger partial charge in [0.25, 0.3) is 5.91 Å². The highest BCUT2D eigenvalue weighted by Crippen LogP contribution is 2.30. The number of amides is 2. The van der Waals surface area contributed by atoms with Gasteiger partial charge < -0.3 is 9.47 Å². The summed E-state index contributed by atoms with van der Waals surface area (Å²) in [6, 6.07) is 3.97. The van der Waals surface area contributed by atoms with Crippen molar-refractivity contribution in [2.45, 2.75) is 27.3 Å². The first kappa shape index (κ1) is 18.6. The lowest BCUT2D eigenvalue weighted by Gasteiger charge is -2.28. The zero-order chi connectivity index (χ0) is 19.2. The smallest absolute Gasteiger partial charge is 0.291 e. The van der Waals surface area contributed by atoms with Gasteiger partial charge >= 0.3 is 0 Å². The third-order valence-corrected chi connectivity index (χ3v) is 6.84. The molecule has 1 saturated heterocycles. The van der Waals surface area contributed by atoms with Crippen molar-refractivity contribution in [3.63, 3.8) is 0 Å². The number of carbonyl (C=O) groups is 2. The van der Waals surface area contributed by atoms with Crippen LogP contribution in [-0.4, -0.2) is 63.1 Å². The molecule has 0 N–H and O–H groups in total. The van der Waals surface area contributed by atoms with E-state index in [2.05, 4.69) is 25.9 Å². The van der Waals surface area contributed by atoms with Crippen LogP contribution in [-0.2, 0) is 11.3 Å². The lowest BCUT2D eigenvalue weighted by Crippen LogP contribution is -2.44. The minimum Gasteiger partial charge on any atom is -0.339 e. The maximum atomic E-state index is 13.2. The van der Waals surface area contributed by atoms with E-state index in [0.29, 0.717) is 12.2 Å². The van der Waals surface area contributed by atoms with E-state index < -0.39 is 0 Å². The Hall–Kier alpha value is -1.80. The van der Waals surface area contributed by atoms with Crippen LogP contribution in [0.1, 0.15) is 31.3 Å². The van der Waals surface area contributed by atoms with Crippen LogP contribution in [0.15, 0.2) is 22.6 Å². The van der Waals surface area contributed by atoms with Crippen LogP contribution in [0, 0.1) is 5.41 Å². The first-order valence-electron chi connectivity index (χ1n) is 9.16. The number of carbonyl (C=O) groups excluding carboxylic acids is 2. The second kappa shape index (κ2) is 6.98. The molecule has 2 amide bonds. The molecule has 0 aliphatic carbocycles. The van der Waals surface area contributed by atoms with Crippen LogP contribution in [0.3, 0.4) is 0 Å². The SMILES string of the molecule is CC(C)(C)C1=NN(CC(=O)N2CCSCC2)C(=O)c2cc3sccc3n2C1. The molecule has 0 aromatic carbocycles. The monoisotopic (exact) mass is 404 g/mol. The zero-order valence-corrected chi connectivity index (χ0v) is 17.5. The molecule has 6 nitrogen and oxygen atoms in total. The third-order valence-electron chi connectivity index (χ3n) is 5.04. The maximum Gasteiger partial charge on any atom is 0.291 e. The average molecular weight is 405 g/mol. The maximum absolute atomic E-state index is 13.2. The predicted molar refractivity (Wildman–Crippen MR) is 112 cm³/mol. The van der Waals surface area contributed by atoms with Gasteiger partial charge in [-0.25, -0.2) is 5.01 Å². The molecule has 2 aromatic heterocycles. The molecule has 4 heterocycles. The minimum absolute atomic E-state index is 0.00189.